The minimum absolute atomic E-state index is 0.0566. The Hall–Kier alpha value is -1.78. The van der Waals surface area contributed by atoms with E-state index < -0.39 is 33.6 Å². The second-order valence-electron chi connectivity index (χ2n) is 6.79. The van der Waals surface area contributed by atoms with Crippen LogP contribution in [-0.4, -0.2) is 65.0 Å². The molecule has 0 aromatic heterocycles. The molecule has 2 fully saturated rings. The van der Waals surface area contributed by atoms with E-state index in [1.807, 2.05) is 0 Å². The van der Waals surface area contributed by atoms with E-state index in [0.29, 0.717) is 16.9 Å². The van der Waals surface area contributed by atoms with Crippen molar-refractivity contribution < 1.29 is 22.4 Å². The lowest BCUT2D eigenvalue weighted by atomic mass is 10.1. The van der Waals surface area contributed by atoms with Crippen LogP contribution < -0.4 is 0 Å². The van der Waals surface area contributed by atoms with Crippen LogP contribution in [0.3, 0.4) is 0 Å². The molecule has 0 aliphatic carbocycles. The minimum atomic E-state index is -3.13. The van der Waals surface area contributed by atoms with Gasteiger partial charge in [0.25, 0.3) is 5.91 Å². The molecule has 10 heteroatoms. The SMILES string of the molecule is C[C@H](C(=O)N(C)[C@H]1CCS(=O)(=O)C1)N1C(=O)/C(=C\c2cccc(F)c2)SC1=S. The number of halogens is 1. The lowest BCUT2D eigenvalue weighted by Crippen LogP contribution is -2.50. The third kappa shape index (κ3) is 4.28. The van der Waals surface area contributed by atoms with Crippen LogP contribution in [0.25, 0.3) is 6.08 Å². The van der Waals surface area contributed by atoms with Gasteiger partial charge in [-0.15, -0.1) is 0 Å². The van der Waals surface area contributed by atoms with E-state index >= 15 is 0 Å². The van der Waals surface area contributed by atoms with Crippen molar-refractivity contribution >= 4 is 56.0 Å². The Morgan fingerprint density at radius 3 is 2.79 bits per heavy atom. The van der Waals surface area contributed by atoms with Gasteiger partial charge in [0, 0.05) is 13.1 Å². The summed E-state index contributed by atoms with van der Waals surface area (Å²) < 4.78 is 37.0. The molecule has 6 nitrogen and oxygen atoms in total. The first-order valence-corrected chi connectivity index (χ1v) is 11.6. The third-order valence-electron chi connectivity index (χ3n) is 4.82. The largest absolute Gasteiger partial charge is 0.340 e. The van der Waals surface area contributed by atoms with Gasteiger partial charge in [0.15, 0.2) is 9.84 Å². The van der Waals surface area contributed by atoms with Gasteiger partial charge in [0.1, 0.15) is 16.2 Å². The van der Waals surface area contributed by atoms with E-state index in [9.17, 15) is 22.4 Å². The first-order chi connectivity index (χ1) is 13.1. The zero-order chi connectivity index (χ0) is 20.6. The molecular weight excluding hydrogens is 423 g/mol. The number of thioether (sulfide) groups is 1. The number of thiocarbonyl (C=S) groups is 1. The quantitative estimate of drug-likeness (QED) is 0.525. The molecule has 2 atom stereocenters. The van der Waals surface area contributed by atoms with E-state index in [0.717, 1.165) is 11.8 Å². The fraction of sp³-hybridized carbons (Fsp3) is 0.389. The van der Waals surface area contributed by atoms with Crippen molar-refractivity contribution in [2.75, 3.05) is 18.6 Å². The molecule has 2 aliphatic rings. The van der Waals surface area contributed by atoms with Crippen LogP contribution in [0, 0.1) is 5.82 Å². The molecule has 2 aliphatic heterocycles. The van der Waals surface area contributed by atoms with Crippen LogP contribution in [-0.2, 0) is 19.4 Å². The van der Waals surface area contributed by atoms with Crippen LogP contribution in [0.5, 0.6) is 0 Å². The number of hydrogen-bond donors (Lipinski definition) is 0. The third-order valence-corrected chi connectivity index (χ3v) is 7.90. The highest BCUT2D eigenvalue weighted by Gasteiger charge is 2.41. The predicted molar refractivity (Wildman–Crippen MR) is 111 cm³/mol. The Morgan fingerprint density at radius 1 is 1.46 bits per heavy atom. The van der Waals surface area contributed by atoms with Gasteiger partial charge in [0.05, 0.1) is 16.4 Å². The fourth-order valence-electron chi connectivity index (χ4n) is 3.23. The molecule has 3 rings (SSSR count). The van der Waals surface area contributed by atoms with Crippen LogP contribution in [0.4, 0.5) is 4.39 Å². The average Bonchev–Trinajstić information content (AvgIpc) is 3.12. The molecule has 1 aromatic rings. The smallest absolute Gasteiger partial charge is 0.266 e. The van der Waals surface area contributed by atoms with Gasteiger partial charge in [-0.1, -0.05) is 36.1 Å². The first kappa shape index (κ1) is 20.9. The number of hydrogen-bond acceptors (Lipinski definition) is 6. The van der Waals surface area contributed by atoms with Crippen molar-refractivity contribution in [3.05, 3.63) is 40.6 Å². The summed E-state index contributed by atoms with van der Waals surface area (Å²) in [6.07, 6.45) is 1.92. The molecule has 0 unspecified atom stereocenters. The summed E-state index contributed by atoms with van der Waals surface area (Å²) in [6.45, 7) is 1.57. The molecule has 150 valence electrons. The van der Waals surface area contributed by atoms with Crippen molar-refractivity contribution in [1.82, 2.24) is 9.80 Å². The van der Waals surface area contributed by atoms with E-state index in [-0.39, 0.29) is 21.7 Å². The molecule has 0 N–H and O–H groups in total. The number of likely N-dealkylation sites (N-methyl/N-ethyl adjacent to an activating group) is 1. The molecule has 0 spiro atoms. The topological polar surface area (TPSA) is 74.8 Å². The summed E-state index contributed by atoms with van der Waals surface area (Å²) in [5, 5.41) is 0. The predicted octanol–water partition coefficient (Wildman–Crippen LogP) is 2.06. The molecular formula is C18H19FN2O4S3. The van der Waals surface area contributed by atoms with Gasteiger partial charge in [-0.05, 0) is 37.1 Å². The standard InChI is InChI=1S/C18H19FN2O4S3/c1-11(16(22)20(2)14-6-7-28(24,25)10-14)21-17(23)15(27-18(21)26)9-12-4-3-5-13(19)8-12/h3-5,8-9,11,14H,6-7,10H2,1-2H3/b15-9+/t11-,14+/m1/s1. The maximum Gasteiger partial charge on any atom is 0.266 e. The highest BCUT2D eigenvalue weighted by atomic mass is 32.2. The van der Waals surface area contributed by atoms with Crippen LogP contribution in [0.15, 0.2) is 29.2 Å². The summed E-state index contributed by atoms with van der Waals surface area (Å²) in [6, 6.07) is 4.55. The fourth-order valence-corrected chi connectivity index (χ4v) is 6.42. The van der Waals surface area contributed by atoms with Crippen molar-refractivity contribution in [2.24, 2.45) is 0 Å². The second-order valence-corrected chi connectivity index (χ2v) is 10.7. The number of nitrogens with zero attached hydrogens (tertiary/aromatic N) is 2. The Kier molecular flexibility index (Phi) is 5.92. The molecule has 0 saturated carbocycles. The Bertz CT molecular complexity index is 977. The Labute approximate surface area is 172 Å². The summed E-state index contributed by atoms with van der Waals surface area (Å²) in [4.78, 5) is 28.5. The maximum atomic E-state index is 13.4. The van der Waals surface area contributed by atoms with E-state index in [4.69, 9.17) is 12.2 Å². The molecule has 0 radical (unpaired) electrons. The van der Waals surface area contributed by atoms with Gasteiger partial charge < -0.3 is 4.90 Å². The van der Waals surface area contributed by atoms with E-state index in [1.165, 1.54) is 28.0 Å². The molecule has 1 aromatic carbocycles. The summed E-state index contributed by atoms with van der Waals surface area (Å²) in [5.74, 6) is -1.22. The Balaban J connectivity index is 1.76. The highest BCUT2D eigenvalue weighted by Crippen LogP contribution is 2.34. The Morgan fingerprint density at radius 2 is 2.18 bits per heavy atom. The molecule has 28 heavy (non-hydrogen) atoms. The van der Waals surface area contributed by atoms with Crippen LogP contribution >= 0.6 is 24.0 Å². The van der Waals surface area contributed by atoms with Gasteiger partial charge in [-0.3, -0.25) is 14.5 Å². The van der Waals surface area contributed by atoms with Crippen molar-refractivity contribution in [1.29, 1.82) is 0 Å². The molecule has 0 bridgehead atoms. The molecule has 2 heterocycles. The number of rotatable bonds is 4. The molecule has 2 amide bonds. The van der Waals surface area contributed by atoms with E-state index in [1.54, 1.807) is 26.1 Å². The highest BCUT2D eigenvalue weighted by molar-refractivity contribution is 8.26. The van der Waals surface area contributed by atoms with Crippen molar-refractivity contribution in [3.8, 4) is 0 Å². The van der Waals surface area contributed by atoms with Crippen molar-refractivity contribution in [2.45, 2.75) is 25.4 Å². The monoisotopic (exact) mass is 442 g/mol. The van der Waals surface area contributed by atoms with Crippen LogP contribution in [0.2, 0.25) is 0 Å². The lowest BCUT2D eigenvalue weighted by Gasteiger charge is -2.30. The number of sulfone groups is 1. The lowest BCUT2D eigenvalue weighted by molar-refractivity contribution is -0.139. The average molecular weight is 443 g/mol. The second kappa shape index (κ2) is 7.92. The maximum absolute atomic E-state index is 13.4. The zero-order valence-corrected chi connectivity index (χ0v) is 17.7. The van der Waals surface area contributed by atoms with Gasteiger partial charge in [-0.25, -0.2) is 12.8 Å². The van der Waals surface area contributed by atoms with Gasteiger partial charge in [0.2, 0.25) is 5.91 Å². The zero-order valence-electron chi connectivity index (χ0n) is 15.3. The van der Waals surface area contributed by atoms with E-state index in [2.05, 4.69) is 0 Å². The van der Waals surface area contributed by atoms with Gasteiger partial charge >= 0.3 is 0 Å². The molecule has 2 saturated heterocycles. The normalized spacial score (nSPS) is 24.0. The number of amides is 2. The number of carbonyl (C=O) groups excluding carboxylic acids is 2. The van der Waals surface area contributed by atoms with Crippen molar-refractivity contribution in [3.63, 3.8) is 0 Å². The van der Waals surface area contributed by atoms with Gasteiger partial charge in [-0.2, -0.15) is 0 Å². The number of benzene rings is 1. The summed E-state index contributed by atoms with van der Waals surface area (Å²) in [5.41, 5.74) is 0.521. The summed E-state index contributed by atoms with van der Waals surface area (Å²) >= 11 is 6.33. The number of carbonyl (C=O) groups is 2. The first-order valence-electron chi connectivity index (χ1n) is 8.59. The van der Waals surface area contributed by atoms with Crippen LogP contribution in [0.1, 0.15) is 18.9 Å². The summed E-state index contributed by atoms with van der Waals surface area (Å²) in [7, 11) is -1.59. The minimum Gasteiger partial charge on any atom is -0.340 e.